The van der Waals surface area contributed by atoms with E-state index >= 15 is 0 Å². The Morgan fingerprint density at radius 1 is 1.26 bits per heavy atom. The molecular weight excluding hydrogens is 262 g/mol. The molecule has 19 heavy (non-hydrogen) atoms. The Balaban J connectivity index is 2.04. The van der Waals surface area contributed by atoms with Gasteiger partial charge in [-0.25, -0.2) is 8.42 Å². The van der Waals surface area contributed by atoms with Crippen molar-refractivity contribution in [3.05, 3.63) is 35.4 Å². The van der Waals surface area contributed by atoms with E-state index in [9.17, 15) is 13.2 Å². The lowest BCUT2D eigenvalue weighted by atomic mass is 10.1. The number of sulfonamides is 1. The second-order valence-electron chi connectivity index (χ2n) is 4.87. The minimum absolute atomic E-state index is 0.0323. The standard InChI is InChI=1S/C14H19NO3S/c1-2-4-12-5-7-13(8-6-12)14(16)11-15-9-3-10-19(15,17)18/h5-8H,2-4,9-11H2,1H3. The molecule has 5 heteroatoms. The van der Waals surface area contributed by atoms with Crippen LogP contribution >= 0.6 is 0 Å². The number of carbonyl (C=O) groups excluding carboxylic acids is 1. The topological polar surface area (TPSA) is 54.5 Å². The molecule has 0 unspecified atom stereocenters. The van der Waals surface area contributed by atoms with Gasteiger partial charge in [-0.1, -0.05) is 37.6 Å². The molecule has 0 bridgehead atoms. The van der Waals surface area contributed by atoms with Crippen molar-refractivity contribution in [3.63, 3.8) is 0 Å². The normalized spacial score (nSPS) is 18.6. The van der Waals surface area contributed by atoms with E-state index in [4.69, 9.17) is 0 Å². The molecule has 0 amide bonds. The first kappa shape index (κ1) is 14.2. The smallest absolute Gasteiger partial charge is 0.214 e. The molecule has 0 N–H and O–H groups in total. The zero-order valence-corrected chi connectivity index (χ0v) is 11.9. The number of ketones is 1. The van der Waals surface area contributed by atoms with Crippen molar-refractivity contribution in [2.75, 3.05) is 18.8 Å². The Morgan fingerprint density at radius 3 is 2.47 bits per heavy atom. The van der Waals surface area contributed by atoms with Crippen LogP contribution in [-0.4, -0.2) is 37.3 Å². The lowest BCUT2D eigenvalue weighted by molar-refractivity contribution is 0.0969. The van der Waals surface area contributed by atoms with E-state index in [1.54, 1.807) is 12.1 Å². The predicted molar refractivity (Wildman–Crippen MR) is 74.7 cm³/mol. The zero-order valence-electron chi connectivity index (χ0n) is 11.1. The van der Waals surface area contributed by atoms with Crippen LogP contribution in [0.2, 0.25) is 0 Å². The fourth-order valence-electron chi connectivity index (χ4n) is 2.27. The van der Waals surface area contributed by atoms with Crippen LogP contribution in [0.15, 0.2) is 24.3 Å². The Hall–Kier alpha value is -1.20. The lowest BCUT2D eigenvalue weighted by Crippen LogP contribution is -2.31. The van der Waals surface area contributed by atoms with Gasteiger partial charge < -0.3 is 0 Å². The molecule has 1 aliphatic heterocycles. The lowest BCUT2D eigenvalue weighted by Gasteiger charge is -2.13. The SMILES string of the molecule is CCCc1ccc(C(=O)CN2CCCS2(=O)=O)cc1. The maximum absolute atomic E-state index is 12.1. The van der Waals surface area contributed by atoms with E-state index in [1.807, 2.05) is 12.1 Å². The third kappa shape index (κ3) is 3.42. The van der Waals surface area contributed by atoms with Crippen molar-refractivity contribution in [3.8, 4) is 0 Å². The number of hydrogen-bond donors (Lipinski definition) is 0. The molecule has 1 heterocycles. The van der Waals surface area contributed by atoms with E-state index in [-0.39, 0.29) is 18.1 Å². The molecule has 0 aliphatic carbocycles. The first-order valence-electron chi connectivity index (χ1n) is 6.63. The van der Waals surface area contributed by atoms with Crippen LogP contribution in [0.4, 0.5) is 0 Å². The van der Waals surface area contributed by atoms with Gasteiger partial charge in [0.2, 0.25) is 10.0 Å². The van der Waals surface area contributed by atoms with Crippen LogP contribution in [0.5, 0.6) is 0 Å². The van der Waals surface area contributed by atoms with E-state index in [2.05, 4.69) is 6.92 Å². The second-order valence-corrected chi connectivity index (χ2v) is 6.96. The van der Waals surface area contributed by atoms with Crippen LogP contribution in [-0.2, 0) is 16.4 Å². The van der Waals surface area contributed by atoms with Gasteiger partial charge in [-0.3, -0.25) is 4.79 Å². The highest BCUT2D eigenvalue weighted by Gasteiger charge is 2.29. The molecule has 1 aromatic carbocycles. The third-order valence-corrected chi connectivity index (χ3v) is 5.24. The highest BCUT2D eigenvalue weighted by Crippen LogP contribution is 2.15. The number of carbonyl (C=O) groups is 1. The van der Waals surface area contributed by atoms with Gasteiger partial charge in [0.15, 0.2) is 5.78 Å². The predicted octanol–water partition coefficient (Wildman–Crippen LogP) is 1.86. The summed E-state index contributed by atoms with van der Waals surface area (Å²) in [6.07, 6.45) is 2.68. The van der Waals surface area contributed by atoms with Crippen molar-refractivity contribution < 1.29 is 13.2 Å². The first-order valence-corrected chi connectivity index (χ1v) is 8.24. The Bertz CT molecular complexity index is 549. The minimum Gasteiger partial charge on any atom is -0.293 e. The molecule has 0 saturated carbocycles. The van der Waals surface area contributed by atoms with Gasteiger partial charge in [-0.15, -0.1) is 0 Å². The van der Waals surface area contributed by atoms with Gasteiger partial charge in [0.1, 0.15) is 0 Å². The van der Waals surface area contributed by atoms with Crippen molar-refractivity contribution >= 4 is 15.8 Å². The van der Waals surface area contributed by atoms with Crippen LogP contribution in [0.1, 0.15) is 35.7 Å². The molecule has 1 fully saturated rings. The monoisotopic (exact) mass is 281 g/mol. The van der Waals surface area contributed by atoms with E-state index < -0.39 is 10.0 Å². The van der Waals surface area contributed by atoms with Crippen LogP contribution in [0.3, 0.4) is 0 Å². The fourth-order valence-corrected chi connectivity index (χ4v) is 3.74. The van der Waals surface area contributed by atoms with Gasteiger partial charge in [0.25, 0.3) is 0 Å². The molecule has 0 radical (unpaired) electrons. The summed E-state index contributed by atoms with van der Waals surface area (Å²) >= 11 is 0. The quantitative estimate of drug-likeness (QED) is 0.774. The molecule has 2 rings (SSSR count). The molecule has 104 valence electrons. The van der Waals surface area contributed by atoms with E-state index in [0.717, 1.165) is 12.8 Å². The van der Waals surface area contributed by atoms with E-state index in [1.165, 1.54) is 9.87 Å². The summed E-state index contributed by atoms with van der Waals surface area (Å²) in [7, 11) is -3.19. The summed E-state index contributed by atoms with van der Waals surface area (Å²) < 4.78 is 24.6. The van der Waals surface area contributed by atoms with Crippen LogP contribution in [0.25, 0.3) is 0 Å². The van der Waals surface area contributed by atoms with Gasteiger partial charge in [0, 0.05) is 12.1 Å². The van der Waals surface area contributed by atoms with Crippen LogP contribution < -0.4 is 0 Å². The highest BCUT2D eigenvalue weighted by atomic mass is 32.2. The maximum atomic E-state index is 12.1. The molecule has 1 aliphatic rings. The Kier molecular flexibility index (Phi) is 4.37. The summed E-state index contributed by atoms with van der Waals surface area (Å²) in [5.41, 5.74) is 1.79. The van der Waals surface area contributed by atoms with Gasteiger partial charge in [0.05, 0.1) is 12.3 Å². The molecule has 0 atom stereocenters. The number of hydrogen-bond acceptors (Lipinski definition) is 3. The molecule has 0 aromatic heterocycles. The van der Waals surface area contributed by atoms with Gasteiger partial charge in [-0.05, 0) is 18.4 Å². The van der Waals surface area contributed by atoms with E-state index in [0.29, 0.717) is 18.5 Å². The summed E-state index contributed by atoms with van der Waals surface area (Å²) in [4.78, 5) is 12.1. The fraction of sp³-hybridized carbons (Fsp3) is 0.500. The largest absolute Gasteiger partial charge is 0.293 e. The van der Waals surface area contributed by atoms with Crippen molar-refractivity contribution in [1.82, 2.24) is 4.31 Å². The number of nitrogens with zero attached hydrogens (tertiary/aromatic N) is 1. The molecule has 0 spiro atoms. The zero-order chi connectivity index (χ0) is 13.9. The van der Waals surface area contributed by atoms with Gasteiger partial charge >= 0.3 is 0 Å². The summed E-state index contributed by atoms with van der Waals surface area (Å²) in [6.45, 7) is 2.54. The molecule has 1 saturated heterocycles. The summed E-state index contributed by atoms with van der Waals surface area (Å²) in [6, 6.07) is 7.45. The Labute approximate surface area is 114 Å². The molecule has 1 aromatic rings. The van der Waals surface area contributed by atoms with Crippen molar-refractivity contribution in [2.45, 2.75) is 26.2 Å². The first-order chi connectivity index (χ1) is 9.03. The van der Waals surface area contributed by atoms with Crippen molar-refractivity contribution in [2.24, 2.45) is 0 Å². The Morgan fingerprint density at radius 2 is 1.95 bits per heavy atom. The average molecular weight is 281 g/mol. The van der Waals surface area contributed by atoms with Crippen molar-refractivity contribution in [1.29, 1.82) is 0 Å². The van der Waals surface area contributed by atoms with Crippen LogP contribution in [0, 0.1) is 0 Å². The number of Topliss-reactive ketones (excluding diaryl/α,β-unsaturated/α-hetero) is 1. The maximum Gasteiger partial charge on any atom is 0.214 e. The number of aryl methyl sites for hydroxylation is 1. The molecule has 4 nitrogen and oxygen atoms in total. The minimum atomic E-state index is -3.19. The number of benzene rings is 1. The third-order valence-electron chi connectivity index (χ3n) is 3.34. The number of rotatable bonds is 5. The summed E-state index contributed by atoms with van der Waals surface area (Å²) in [5.74, 6) is 0.0314. The summed E-state index contributed by atoms with van der Waals surface area (Å²) in [5, 5.41) is 0. The van der Waals surface area contributed by atoms with Gasteiger partial charge in [-0.2, -0.15) is 4.31 Å². The second kappa shape index (κ2) is 5.84. The average Bonchev–Trinajstić information content (AvgIpc) is 2.70. The highest BCUT2D eigenvalue weighted by molar-refractivity contribution is 7.89. The molecular formula is C14H19NO3S.